The molecule has 1 aromatic rings. The lowest BCUT2D eigenvalue weighted by Crippen LogP contribution is -2.43. The summed E-state index contributed by atoms with van der Waals surface area (Å²) in [7, 11) is 0. The third-order valence-electron chi connectivity index (χ3n) is 3.80. The number of rotatable bonds is 5. The van der Waals surface area contributed by atoms with Crippen molar-refractivity contribution < 1.29 is 4.79 Å². The monoisotopic (exact) mass is 309 g/mol. The van der Waals surface area contributed by atoms with Crippen molar-refractivity contribution in [3.8, 4) is 0 Å². The fourth-order valence-corrected chi connectivity index (χ4v) is 3.22. The zero-order chi connectivity index (χ0) is 12.8. The van der Waals surface area contributed by atoms with Crippen molar-refractivity contribution in [3.05, 3.63) is 35.9 Å². The minimum atomic E-state index is 0.0580. The Bertz CT molecular complexity index is 360. The molecule has 1 saturated heterocycles. The Balaban J connectivity index is 1.82. The van der Waals surface area contributed by atoms with E-state index >= 15 is 0 Å². The van der Waals surface area contributed by atoms with E-state index in [-0.39, 0.29) is 6.04 Å². The molecular weight excluding hydrogens is 290 g/mol. The van der Waals surface area contributed by atoms with Crippen LogP contribution in [0.15, 0.2) is 30.3 Å². The number of nitrogens with zero attached hydrogens (tertiary/aromatic N) is 1. The molecule has 2 nitrogen and oxygen atoms in total. The highest BCUT2D eigenvalue weighted by molar-refractivity contribution is 9.09. The van der Waals surface area contributed by atoms with Crippen LogP contribution < -0.4 is 0 Å². The van der Waals surface area contributed by atoms with Crippen LogP contribution in [0.4, 0.5) is 0 Å². The first-order valence-electron chi connectivity index (χ1n) is 6.62. The normalized spacial score (nSPS) is 19.6. The summed E-state index contributed by atoms with van der Waals surface area (Å²) in [6.07, 6.45) is 4.64. The van der Waals surface area contributed by atoms with E-state index in [1.165, 1.54) is 24.8 Å². The van der Waals surface area contributed by atoms with E-state index in [0.717, 1.165) is 30.6 Å². The van der Waals surface area contributed by atoms with Gasteiger partial charge < -0.3 is 4.79 Å². The first-order valence-corrected chi connectivity index (χ1v) is 7.75. The minimum absolute atomic E-state index is 0.0580. The molecule has 98 valence electrons. The maximum Gasteiger partial charge on any atom is 0.137 e. The van der Waals surface area contributed by atoms with Crippen molar-refractivity contribution in [3.63, 3.8) is 0 Å². The molecule has 1 aromatic carbocycles. The molecule has 0 aliphatic carbocycles. The number of benzene rings is 1. The van der Waals surface area contributed by atoms with Crippen LogP contribution in [0, 0.1) is 5.92 Å². The molecule has 0 N–H and O–H groups in total. The smallest absolute Gasteiger partial charge is 0.137 e. The lowest BCUT2D eigenvalue weighted by Gasteiger charge is -2.34. The molecule has 3 heteroatoms. The SMILES string of the molecule is O=CC(CBr)N1CCC(Cc2ccccc2)CC1. The van der Waals surface area contributed by atoms with Gasteiger partial charge in [-0.15, -0.1) is 0 Å². The second-order valence-corrected chi connectivity index (χ2v) is 5.67. The summed E-state index contributed by atoms with van der Waals surface area (Å²) in [6, 6.07) is 10.8. The zero-order valence-corrected chi connectivity index (χ0v) is 12.2. The average molecular weight is 310 g/mol. The Morgan fingerprint density at radius 1 is 1.28 bits per heavy atom. The second-order valence-electron chi connectivity index (χ2n) is 5.03. The molecule has 0 spiro atoms. The molecule has 0 bridgehead atoms. The first kappa shape index (κ1) is 13.8. The Morgan fingerprint density at radius 3 is 2.50 bits per heavy atom. The maximum atomic E-state index is 10.9. The molecule has 1 aliphatic heterocycles. The first-order chi connectivity index (χ1) is 8.83. The highest BCUT2D eigenvalue weighted by Crippen LogP contribution is 2.22. The van der Waals surface area contributed by atoms with Crippen molar-refractivity contribution >= 4 is 22.2 Å². The van der Waals surface area contributed by atoms with E-state index < -0.39 is 0 Å². The van der Waals surface area contributed by atoms with Gasteiger partial charge in [-0.2, -0.15) is 0 Å². The molecule has 0 radical (unpaired) electrons. The molecule has 1 aliphatic rings. The molecule has 2 rings (SSSR count). The Kier molecular flexibility index (Phi) is 5.39. The van der Waals surface area contributed by atoms with Crippen LogP contribution in [0.25, 0.3) is 0 Å². The zero-order valence-electron chi connectivity index (χ0n) is 10.6. The predicted octanol–water partition coefficient (Wildman–Crippen LogP) is 2.90. The van der Waals surface area contributed by atoms with Crippen LogP contribution in [0.3, 0.4) is 0 Å². The number of likely N-dealkylation sites (tertiary alicyclic amines) is 1. The number of piperidine rings is 1. The quantitative estimate of drug-likeness (QED) is 0.616. The molecular formula is C15H20BrNO. The molecule has 1 atom stereocenters. The van der Waals surface area contributed by atoms with Crippen molar-refractivity contribution in [2.24, 2.45) is 5.92 Å². The van der Waals surface area contributed by atoms with Crippen LogP contribution in [-0.2, 0) is 11.2 Å². The third-order valence-corrected chi connectivity index (χ3v) is 4.46. The van der Waals surface area contributed by atoms with Gasteiger partial charge in [-0.1, -0.05) is 46.3 Å². The summed E-state index contributed by atoms with van der Waals surface area (Å²) < 4.78 is 0. The second kappa shape index (κ2) is 7.05. The molecule has 0 amide bonds. The summed E-state index contributed by atoms with van der Waals surface area (Å²) >= 11 is 3.41. The Labute approximate surface area is 117 Å². The summed E-state index contributed by atoms with van der Waals surface area (Å²) in [5.74, 6) is 0.770. The van der Waals surface area contributed by atoms with Gasteiger partial charge in [0.05, 0.1) is 6.04 Å². The highest BCUT2D eigenvalue weighted by Gasteiger charge is 2.24. The number of halogens is 1. The molecule has 1 fully saturated rings. The van der Waals surface area contributed by atoms with Crippen LogP contribution in [-0.4, -0.2) is 35.6 Å². The Morgan fingerprint density at radius 2 is 1.94 bits per heavy atom. The maximum absolute atomic E-state index is 10.9. The molecule has 18 heavy (non-hydrogen) atoms. The summed E-state index contributed by atoms with van der Waals surface area (Å²) in [4.78, 5) is 13.2. The van der Waals surface area contributed by atoms with Gasteiger partial charge in [0.15, 0.2) is 0 Å². The van der Waals surface area contributed by atoms with Crippen LogP contribution >= 0.6 is 15.9 Å². The average Bonchev–Trinajstić information content (AvgIpc) is 2.43. The van der Waals surface area contributed by atoms with Gasteiger partial charge in [0.1, 0.15) is 6.29 Å². The van der Waals surface area contributed by atoms with Gasteiger partial charge in [-0.3, -0.25) is 4.90 Å². The number of carbonyl (C=O) groups excluding carboxylic acids is 1. The van der Waals surface area contributed by atoms with E-state index in [2.05, 4.69) is 51.2 Å². The lowest BCUT2D eigenvalue weighted by molar-refractivity contribution is -0.112. The van der Waals surface area contributed by atoms with Crippen molar-refractivity contribution in [1.29, 1.82) is 0 Å². The molecule has 0 saturated carbocycles. The van der Waals surface area contributed by atoms with Gasteiger partial charge in [-0.05, 0) is 43.8 Å². The van der Waals surface area contributed by atoms with Gasteiger partial charge >= 0.3 is 0 Å². The van der Waals surface area contributed by atoms with Crippen LogP contribution in [0.1, 0.15) is 18.4 Å². The number of aldehydes is 1. The fourth-order valence-electron chi connectivity index (χ4n) is 2.66. The lowest BCUT2D eigenvalue weighted by atomic mass is 9.90. The number of carbonyl (C=O) groups is 1. The van der Waals surface area contributed by atoms with Crippen LogP contribution in [0.2, 0.25) is 0 Å². The van der Waals surface area contributed by atoms with Crippen LogP contribution in [0.5, 0.6) is 0 Å². The van der Waals surface area contributed by atoms with E-state index in [4.69, 9.17) is 0 Å². The third kappa shape index (κ3) is 3.66. The van der Waals surface area contributed by atoms with Crippen molar-refractivity contribution in [2.75, 3.05) is 18.4 Å². The molecule has 1 unspecified atom stereocenters. The fraction of sp³-hybridized carbons (Fsp3) is 0.533. The van der Waals surface area contributed by atoms with Gasteiger partial charge in [0.2, 0.25) is 0 Å². The van der Waals surface area contributed by atoms with Crippen molar-refractivity contribution in [2.45, 2.75) is 25.3 Å². The van der Waals surface area contributed by atoms with Crippen molar-refractivity contribution in [1.82, 2.24) is 4.90 Å². The van der Waals surface area contributed by atoms with Gasteiger partial charge in [0, 0.05) is 5.33 Å². The van der Waals surface area contributed by atoms with E-state index in [1.807, 2.05) is 0 Å². The summed E-state index contributed by atoms with van der Waals surface area (Å²) in [5, 5.41) is 0.750. The topological polar surface area (TPSA) is 20.3 Å². The van der Waals surface area contributed by atoms with Gasteiger partial charge in [0.25, 0.3) is 0 Å². The number of hydrogen-bond acceptors (Lipinski definition) is 2. The summed E-state index contributed by atoms with van der Waals surface area (Å²) in [6.45, 7) is 2.10. The predicted molar refractivity (Wildman–Crippen MR) is 78.1 cm³/mol. The van der Waals surface area contributed by atoms with Gasteiger partial charge in [-0.25, -0.2) is 0 Å². The molecule has 1 heterocycles. The molecule has 0 aromatic heterocycles. The van der Waals surface area contributed by atoms with E-state index in [1.54, 1.807) is 0 Å². The van der Waals surface area contributed by atoms with E-state index in [9.17, 15) is 4.79 Å². The largest absolute Gasteiger partial charge is 0.302 e. The minimum Gasteiger partial charge on any atom is -0.302 e. The number of alkyl halides is 1. The van der Waals surface area contributed by atoms with E-state index in [0.29, 0.717) is 0 Å². The summed E-state index contributed by atoms with van der Waals surface area (Å²) in [5.41, 5.74) is 1.43. The number of hydrogen-bond donors (Lipinski definition) is 0. The Hall–Kier alpha value is -0.670. The highest BCUT2D eigenvalue weighted by atomic mass is 79.9. The standard InChI is InChI=1S/C15H20BrNO/c16-11-15(12-18)17-8-6-14(7-9-17)10-13-4-2-1-3-5-13/h1-5,12,14-15H,6-11H2.